The van der Waals surface area contributed by atoms with Gasteiger partial charge in [0.2, 0.25) is 15.9 Å². The number of amides is 1. The summed E-state index contributed by atoms with van der Waals surface area (Å²) in [7, 11) is -0.744. The van der Waals surface area contributed by atoms with E-state index in [1.165, 1.54) is 20.3 Å². The zero-order chi connectivity index (χ0) is 20.2. The molecule has 0 saturated heterocycles. The molecule has 0 unspecified atom stereocenters. The number of aryl methyl sites for hydroxylation is 2. The minimum atomic E-state index is -3.69. The van der Waals surface area contributed by atoms with Crippen molar-refractivity contribution in [3.05, 3.63) is 47.5 Å². The van der Waals surface area contributed by atoms with E-state index >= 15 is 0 Å². The average Bonchev–Trinajstić information content (AvgIpc) is 2.61. The maximum atomic E-state index is 12.5. The molecule has 0 aliphatic carbocycles. The molecule has 0 aliphatic rings. The van der Waals surface area contributed by atoms with Crippen LogP contribution in [0.1, 0.15) is 11.1 Å². The number of benzene rings is 2. The molecule has 146 valence electrons. The molecule has 8 heteroatoms. The summed E-state index contributed by atoms with van der Waals surface area (Å²) >= 11 is 0. The minimum Gasteiger partial charge on any atom is -0.493 e. The Balaban J connectivity index is 2.30. The number of nitrogens with one attached hydrogen (secondary N) is 1. The highest BCUT2D eigenvalue weighted by Gasteiger charge is 2.22. The molecule has 1 N–H and O–H groups in total. The van der Waals surface area contributed by atoms with Crippen LogP contribution in [0.4, 0.5) is 11.4 Å². The van der Waals surface area contributed by atoms with E-state index in [-0.39, 0.29) is 6.54 Å². The molecule has 0 saturated carbocycles. The van der Waals surface area contributed by atoms with Gasteiger partial charge in [0.1, 0.15) is 6.54 Å². The summed E-state index contributed by atoms with van der Waals surface area (Å²) in [6.07, 6.45) is 1.05. The van der Waals surface area contributed by atoms with Gasteiger partial charge in [-0.3, -0.25) is 9.10 Å². The van der Waals surface area contributed by atoms with Gasteiger partial charge in [-0.2, -0.15) is 0 Å². The first-order valence-corrected chi connectivity index (χ1v) is 10.1. The van der Waals surface area contributed by atoms with Gasteiger partial charge in [0.05, 0.1) is 26.2 Å². The summed E-state index contributed by atoms with van der Waals surface area (Å²) < 4.78 is 36.0. The van der Waals surface area contributed by atoms with Gasteiger partial charge < -0.3 is 14.8 Å². The summed E-state index contributed by atoms with van der Waals surface area (Å²) in [6.45, 7) is 3.43. The third-order valence-corrected chi connectivity index (χ3v) is 5.15. The number of nitrogens with zero attached hydrogens (tertiary/aromatic N) is 1. The number of sulfonamides is 1. The van der Waals surface area contributed by atoms with Gasteiger partial charge in [-0.1, -0.05) is 12.1 Å². The first-order chi connectivity index (χ1) is 12.7. The summed E-state index contributed by atoms with van der Waals surface area (Å²) in [4.78, 5) is 12.5. The van der Waals surface area contributed by atoms with Crippen molar-refractivity contribution >= 4 is 27.3 Å². The Bertz CT molecular complexity index is 941. The highest BCUT2D eigenvalue weighted by Crippen LogP contribution is 2.32. The Morgan fingerprint density at radius 3 is 2.30 bits per heavy atom. The molecule has 27 heavy (non-hydrogen) atoms. The van der Waals surface area contributed by atoms with E-state index in [9.17, 15) is 13.2 Å². The quantitative estimate of drug-likeness (QED) is 0.783. The Morgan fingerprint density at radius 1 is 1.04 bits per heavy atom. The van der Waals surface area contributed by atoms with Crippen molar-refractivity contribution in [3.63, 3.8) is 0 Å². The van der Waals surface area contributed by atoms with Crippen molar-refractivity contribution in [2.75, 3.05) is 36.6 Å². The Labute approximate surface area is 160 Å². The molecule has 0 spiro atoms. The van der Waals surface area contributed by atoms with Gasteiger partial charge in [-0.05, 0) is 43.2 Å². The zero-order valence-electron chi connectivity index (χ0n) is 16.1. The number of methoxy groups -OCH3 is 2. The average molecular weight is 392 g/mol. The third-order valence-electron chi connectivity index (χ3n) is 4.01. The summed E-state index contributed by atoms with van der Waals surface area (Å²) in [5.41, 5.74) is 2.86. The van der Waals surface area contributed by atoms with Crippen LogP contribution in [-0.2, 0) is 14.8 Å². The van der Waals surface area contributed by atoms with Crippen LogP contribution in [0.2, 0.25) is 0 Å². The zero-order valence-corrected chi connectivity index (χ0v) is 16.9. The minimum absolute atomic E-state index is 0.311. The highest BCUT2D eigenvalue weighted by atomic mass is 32.2. The molecule has 0 radical (unpaired) electrons. The van der Waals surface area contributed by atoms with Gasteiger partial charge in [0.25, 0.3) is 0 Å². The van der Waals surface area contributed by atoms with E-state index in [0.29, 0.717) is 22.9 Å². The number of carbonyl (C=O) groups excluding carboxylic acids is 1. The molecule has 0 atom stereocenters. The van der Waals surface area contributed by atoms with Crippen molar-refractivity contribution in [2.45, 2.75) is 13.8 Å². The molecule has 0 bridgehead atoms. The number of hydrogen-bond acceptors (Lipinski definition) is 5. The van der Waals surface area contributed by atoms with Crippen molar-refractivity contribution in [3.8, 4) is 11.5 Å². The van der Waals surface area contributed by atoms with E-state index in [1.54, 1.807) is 12.1 Å². The predicted octanol–water partition coefficient (Wildman–Crippen LogP) is 2.73. The molecule has 0 aliphatic heterocycles. The fourth-order valence-corrected chi connectivity index (χ4v) is 3.42. The summed E-state index contributed by atoms with van der Waals surface area (Å²) in [5.74, 6) is 0.400. The maximum Gasteiger partial charge on any atom is 0.245 e. The lowest BCUT2D eigenvalue weighted by Crippen LogP contribution is -2.37. The van der Waals surface area contributed by atoms with E-state index < -0.39 is 15.9 Å². The summed E-state index contributed by atoms with van der Waals surface area (Å²) in [5, 5.41) is 2.77. The molecule has 0 heterocycles. The van der Waals surface area contributed by atoms with Gasteiger partial charge in [0.15, 0.2) is 11.5 Å². The topological polar surface area (TPSA) is 84.9 Å². The molecular weight excluding hydrogens is 368 g/mol. The van der Waals surface area contributed by atoms with E-state index in [2.05, 4.69) is 5.32 Å². The Hall–Kier alpha value is -2.74. The number of carbonyl (C=O) groups is 1. The van der Waals surface area contributed by atoms with Crippen LogP contribution in [0.3, 0.4) is 0 Å². The Kier molecular flexibility index (Phi) is 6.32. The van der Waals surface area contributed by atoms with Crippen LogP contribution in [0.25, 0.3) is 0 Å². The number of rotatable bonds is 7. The monoisotopic (exact) mass is 392 g/mol. The van der Waals surface area contributed by atoms with Gasteiger partial charge >= 0.3 is 0 Å². The van der Waals surface area contributed by atoms with Crippen LogP contribution in [0, 0.1) is 13.8 Å². The summed E-state index contributed by atoms with van der Waals surface area (Å²) in [6, 6.07) is 10.4. The van der Waals surface area contributed by atoms with Crippen molar-refractivity contribution in [1.29, 1.82) is 0 Å². The second-order valence-corrected chi connectivity index (χ2v) is 8.08. The molecule has 2 aromatic rings. The third kappa shape index (κ3) is 5.13. The van der Waals surface area contributed by atoms with Crippen LogP contribution in [0.5, 0.6) is 11.5 Å². The second kappa shape index (κ2) is 8.30. The fourth-order valence-electron chi connectivity index (χ4n) is 2.57. The van der Waals surface area contributed by atoms with Crippen LogP contribution in [-0.4, -0.2) is 41.3 Å². The first kappa shape index (κ1) is 20.6. The van der Waals surface area contributed by atoms with Crippen molar-refractivity contribution in [1.82, 2.24) is 0 Å². The van der Waals surface area contributed by atoms with Gasteiger partial charge in [-0.15, -0.1) is 0 Å². The molecule has 2 rings (SSSR count). The Morgan fingerprint density at radius 2 is 1.70 bits per heavy atom. The molecular formula is C19H24N2O5S. The lowest BCUT2D eigenvalue weighted by atomic mass is 10.1. The number of anilines is 2. The fraction of sp³-hybridized carbons (Fsp3) is 0.316. The van der Waals surface area contributed by atoms with E-state index in [0.717, 1.165) is 21.7 Å². The normalized spacial score (nSPS) is 11.0. The first-order valence-electron chi connectivity index (χ1n) is 8.22. The number of ether oxygens (including phenoxy) is 2. The van der Waals surface area contributed by atoms with Crippen LogP contribution < -0.4 is 19.1 Å². The van der Waals surface area contributed by atoms with Crippen molar-refractivity contribution < 1.29 is 22.7 Å². The standard InChI is InChI=1S/C19H24N2O5S/c1-13-6-7-14(2)16(10-13)20-19(22)12-21(27(5,23)24)15-8-9-17(25-3)18(11-15)26-4/h6-11H,12H2,1-5H3,(H,20,22). The molecule has 7 nitrogen and oxygen atoms in total. The lowest BCUT2D eigenvalue weighted by Gasteiger charge is -2.23. The molecule has 0 aromatic heterocycles. The van der Waals surface area contributed by atoms with E-state index in [4.69, 9.17) is 9.47 Å². The highest BCUT2D eigenvalue weighted by molar-refractivity contribution is 7.92. The largest absolute Gasteiger partial charge is 0.493 e. The maximum absolute atomic E-state index is 12.5. The van der Waals surface area contributed by atoms with Crippen LogP contribution in [0.15, 0.2) is 36.4 Å². The van der Waals surface area contributed by atoms with Gasteiger partial charge in [-0.25, -0.2) is 8.42 Å². The molecule has 1 amide bonds. The lowest BCUT2D eigenvalue weighted by molar-refractivity contribution is -0.114. The van der Waals surface area contributed by atoms with Crippen LogP contribution >= 0.6 is 0 Å². The molecule has 0 fully saturated rings. The number of hydrogen-bond donors (Lipinski definition) is 1. The second-order valence-electron chi connectivity index (χ2n) is 6.18. The van der Waals surface area contributed by atoms with E-state index in [1.807, 2.05) is 32.0 Å². The van der Waals surface area contributed by atoms with Gasteiger partial charge in [0, 0.05) is 11.8 Å². The molecule has 2 aromatic carbocycles. The predicted molar refractivity (Wildman–Crippen MR) is 106 cm³/mol. The smallest absolute Gasteiger partial charge is 0.245 e. The van der Waals surface area contributed by atoms with Crippen molar-refractivity contribution in [2.24, 2.45) is 0 Å². The SMILES string of the molecule is COc1ccc(N(CC(=O)Nc2cc(C)ccc2C)S(C)(=O)=O)cc1OC.